The number of nitrogens with zero attached hydrogens (tertiary/aromatic N) is 3. The maximum atomic E-state index is 5.53. The fourth-order valence-corrected chi connectivity index (χ4v) is 1.49. The number of ether oxygens (including phenoxy) is 1. The van der Waals surface area contributed by atoms with Crippen molar-refractivity contribution in [3.63, 3.8) is 0 Å². The Morgan fingerprint density at radius 1 is 1.33 bits per heavy atom. The molecule has 0 amide bonds. The molecule has 0 spiro atoms. The molecule has 1 heterocycles. The molecular weight excluding hydrogens is 192 g/mol. The second-order valence-corrected chi connectivity index (χ2v) is 4.38. The average Bonchev–Trinajstić information content (AvgIpc) is 2.48. The smallest absolute Gasteiger partial charge is 0.317 e. The molecule has 0 bridgehead atoms. The van der Waals surface area contributed by atoms with E-state index in [0.717, 1.165) is 12.2 Å². The van der Waals surface area contributed by atoms with Gasteiger partial charge in [0.15, 0.2) is 0 Å². The number of aromatic nitrogens is 3. The van der Waals surface area contributed by atoms with E-state index >= 15 is 0 Å². The number of hydrogen-bond donors (Lipinski definition) is 1. The summed E-state index contributed by atoms with van der Waals surface area (Å²) in [6.45, 7) is 9.39. The first-order chi connectivity index (χ1) is 7.00. The zero-order valence-electron chi connectivity index (χ0n) is 9.95. The highest BCUT2D eigenvalue weighted by Crippen LogP contribution is 2.23. The summed E-state index contributed by atoms with van der Waals surface area (Å²) in [4.78, 5) is 0. The van der Waals surface area contributed by atoms with Crippen molar-refractivity contribution in [3.05, 3.63) is 5.82 Å². The van der Waals surface area contributed by atoms with Gasteiger partial charge in [-0.1, -0.05) is 5.10 Å². The van der Waals surface area contributed by atoms with Crippen LogP contribution in [0, 0.1) is 0 Å². The van der Waals surface area contributed by atoms with Gasteiger partial charge in [0.05, 0.1) is 6.61 Å². The van der Waals surface area contributed by atoms with E-state index in [9.17, 15) is 0 Å². The highest BCUT2D eigenvalue weighted by Gasteiger charge is 2.23. The van der Waals surface area contributed by atoms with Gasteiger partial charge in [-0.25, -0.2) is 0 Å². The van der Waals surface area contributed by atoms with Crippen molar-refractivity contribution < 1.29 is 4.74 Å². The van der Waals surface area contributed by atoms with Crippen LogP contribution in [-0.4, -0.2) is 27.9 Å². The molecule has 0 aliphatic rings. The van der Waals surface area contributed by atoms with Crippen LogP contribution < -0.4 is 10.5 Å². The molecule has 0 aliphatic carbocycles. The van der Waals surface area contributed by atoms with Gasteiger partial charge in [0.1, 0.15) is 5.82 Å². The fraction of sp³-hybridized carbons (Fsp3) is 0.800. The van der Waals surface area contributed by atoms with Gasteiger partial charge in [0, 0.05) is 12.0 Å². The van der Waals surface area contributed by atoms with E-state index in [4.69, 9.17) is 10.5 Å². The number of nitrogens with two attached hydrogens (primary N) is 1. The third-order valence-corrected chi connectivity index (χ3v) is 2.01. The van der Waals surface area contributed by atoms with E-state index in [1.807, 2.05) is 11.5 Å². The van der Waals surface area contributed by atoms with E-state index in [2.05, 4.69) is 31.0 Å². The van der Waals surface area contributed by atoms with Crippen molar-refractivity contribution in [1.82, 2.24) is 14.8 Å². The predicted molar refractivity (Wildman–Crippen MR) is 58.9 cm³/mol. The molecule has 2 N–H and O–H groups in total. The second-order valence-electron chi connectivity index (χ2n) is 4.38. The summed E-state index contributed by atoms with van der Waals surface area (Å²) in [5.74, 6) is 0.883. The summed E-state index contributed by atoms with van der Waals surface area (Å²) >= 11 is 0. The Bertz CT molecular complexity index is 290. The Labute approximate surface area is 90.6 Å². The van der Waals surface area contributed by atoms with Gasteiger partial charge in [0.25, 0.3) is 0 Å². The molecule has 15 heavy (non-hydrogen) atoms. The molecule has 1 aromatic rings. The molecule has 0 saturated heterocycles. The van der Waals surface area contributed by atoms with E-state index in [0.29, 0.717) is 19.2 Å². The molecule has 1 rings (SSSR count). The van der Waals surface area contributed by atoms with Crippen molar-refractivity contribution in [2.75, 3.05) is 13.2 Å². The summed E-state index contributed by atoms with van der Waals surface area (Å²) in [7, 11) is 0. The fourth-order valence-electron chi connectivity index (χ4n) is 1.49. The topological polar surface area (TPSA) is 66.0 Å². The predicted octanol–water partition coefficient (Wildman–Crippen LogP) is 0.933. The maximum absolute atomic E-state index is 5.53. The molecule has 0 aromatic carbocycles. The average molecular weight is 212 g/mol. The molecule has 5 nitrogen and oxygen atoms in total. The van der Waals surface area contributed by atoms with Gasteiger partial charge in [-0.05, 0) is 34.2 Å². The van der Waals surface area contributed by atoms with Gasteiger partial charge in [-0.15, -0.1) is 5.10 Å². The zero-order chi connectivity index (χ0) is 11.5. The van der Waals surface area contributed by atoms with Crippen molar-refractivity contribution >= 4 is 0 Å². The highest BCUT2D eigenvalue weighted by molar-refractivity contribution is 5.06. The van der Waals surface area contributed by atoms with Gasteiger partial charge >= 0.3 is 6.01 Å². The Balaban J connectivity index is 3.08. The molecule has 0 unspecified atom stereocenters. The standard InChI is InChI=1S/C10H20N4O/c1-5-15-9-13-12-8(6-7-11)14(9)10(2,3)4/h5-7,11H2,1-4H3. The quantitative estimate of drug-likeness (QED) is 0.806. The Hall–Kier alpha value is -1.10. The molecule has 0 saturated carbocycles. The lowest BCUT2D eigenvalue weighted by Crippen LogP contribution is -2.26. The highest BCUT2D eigenvalue weighted by atomic mass is 16.5. The number of hydrogen-bond acceptors (Lipinski definition) is 4. The Morgan fingerprint density at radius 3 is 2.47 bits per heavy atom. The zero-order valence-corrected chi connectivity index (χ0v) is 9.95. The minimum atomic E-state index is -0.0848. The normalized spacial score (nSPS) is 11.8. The molecule has 0 radical (unpaired) electrons. The Morgan fingerprint density at radius 2 is 2.00 bits per heavy atom. The minimum absolute atomic E-state index is 0.0848. The van der Waals surface area contributed by atoms with Gasteiger partial charge < -0.3 is 10.5 Å². The van der Waals surface area contributed by atoms with Crippen LogP contribution in [0.5, 0.6) is 6.01 Å². The monoisotopic (exact) mass is 212 g/mol. The largest absolute Gasteiger partial charge is 0.464 e. The molecule has 0 atom stereocenters. The first-order valence-electron chi connectivity index (χ1n) is 5.28. The Kier molecular flexibility index (Phi) is 3.68. The SMILES string of the molecule is CCOc1nnc(CCN)n1C(C)(C)C. The van der Waals surface area contributed by atoms with E-state index < -0.39 is 0 Å². The molecule has 0 aliphatic heterocycles. The first-order valence-corrected chi connectivity index (χ1v) is 5.28. The van der Waals surface area contributed by atoms with E-state index in [-0.39, 0.29) is 5.54 Å². The van der Waals surface area contributed by atoms with Crippen molar-refractivity contribution in [3.8, 4) is 6.01 Å². The summed E-state index contributed by atoms with van der Waals surface area (Å²) < 4.78 is 7.44. The van der Waals surface area contributed by atoms with Crippen LogP contribution in [0.3, 0.4) is 0 Å². The summed E-state index contributed by atoms with van der Waals surface area (Å²) in [5.41, 5.74) is 5.45. The third kappa shape index (κ3) is 2.68. The molecule has 0 fully saturated rings. The lowest BCUT2D eigenvalue weighted by atomic mass is 10.1. The lowest BCUT2D eigenvalue weighted by Gasteiger charge is -2.24. The van der Waals surface area contributed by atoms with Crippen LogP contribution in [0.25, 0.3) is 0 Å². The lowest BCUT2D eigenvalue weighted by molar-refractivity contribution is 0.257. The first kappa shape index (κ1) is 12.0. The van der Waals surface area contributed by atoms with Crippen LogP contribution in [0.15, 0.2) is 0 Å². The van der Waals surface area contributed by atoms with Crippen molar-refractivity contribution in [2.45, 2.75) is 39.7 Å². The van der Waals surface area contributed by atoms with Crippen molar-refractivity contribution in [1.29, 1.82) is 0 Å². The van der Waals surface area contributed by atoms with Crippen LogP contribution in [0.4, 0.5) is 0 Å². The van der Waals surface area contributed by atoms with E-state index in [1.165, 1.54) is 0 Å². The summed E-state index contributed by atoms with van der Waals surface area (Å²) in [5, 5.41) is 8.13. The summed E-state index contributed by atoms with van der Waals surface area (Å²) in [6.07, 6.45) is 0.720. The van der Waals surface area contributed by atoms with E-state index in [1.54, 1.807) is 0 Å². The second kappa shape index (κ2) is 4.61. The van der Waals surface area contributed by atoms with Gasteiger partial charge in [-0.3, -0.25) is 4.57 Å². The molecular formula is C10H20N4O. The molecule has 1 aromatic heterocycles. The van der Waals surface area contributed by atoms with Crippen molar-refractivity contribution in [2.24, 2.45) is 5.73 Å². The molecule has 86 valence electrons. The third-order valence-electron chi connectivity index (χ3n) is 2.01. The molecule has 5 heteroatoms. The van der Waals surface area contributed by atoms with Gasteiger partial charge in [-0.2, -0.15) is 0 Å². The van der Waals surface area contributed by atoms with Crippen LogP contribution >= 0.6 is 0 Å². The van der Waals surface area contributed by atoms with Gasteiger partial charge in [0.2, 0.25) is 0 Å². The summed E-state index contributed by atoms with van der Waals surface area (Å²) in [6, 6.07) is 0.577. The minimum Gasteiger partial charge on any atom is -0.464 e. The number of rotatable bonds is 4. The van der Waals surface area contributed by atoms with Crippen LogP contribution in [0.2, 0.25) is 0 Å². The maximum Gasteiger partial charge on any atom is 0.317 e. The van der Waals surface area contributed by atoms with Crippen LogP contribution in [-0.2, 0) is 12.0 Å². The van der Waals surface area contributed by atoms with Crippen LogP contribution in [0.1, 0.15) is 33.5 Å².